The number of nitrogens with zero attached hydrogens (tertiary/aromatic N) is 6. The summed E-state index contributed by atoms with van der Waals surface area (Å²) in [5.74, 6) is -4.92. The van der Waals surface area contributed by atoms with Crippen molar-refractivity contribution in [3.63, 3.8) is 0 Å². The van der Waals surface area contributed by atoms with Crippen molar-refractivity contribution in [1.29, 1.82) is 0 Å². The second-order valence-electron chi connectivity index (χ2n) is 8.84. The van der Waals surface area contributed by atoms with Crippen molar-refractivity contribution in [2.75, 3.05) is 29.9 Å². The molecule has 188 valence electrons. The molecular formula is C21H21F6N7O. The van der Waals surface area contributed by atoms with E-state index >= 15 is 0 Å². The van der Waals surface area contributed by atoms with Crippen LogP contribution in [0.3, 0.4) is 0 Å². The molecule has 1 saturated carbocycles. The fourth-order valence-electron chi connectivity index (χ4n) is 4.75. The van der Waals surface area contributed by atoms with Gasteiger partial charge in [-0.1, -0.05) is 0 Å². The first-order chi connectivity index (χ1) is 16.5. The minimum atomic E-state index is -5.72. The van der Waals surface area contributed by atoms with Crippen LogP contribution in [0.4, 0.5) is 38.1 Å². The van der Waals surface area contributed by atoms with Crippen LogP contribution in [0.1, 0.15) is 18.5 Å². The zero-order valence-corrected chi connectivity index (χ0v) is 18.4. The van der Waals surface area contributed by atoms with Gasteiger partial charge in [-0.3, -0.25) is 0 Å². The first-order valence-electron chi connectivity index (χ1n) is 10.9. The third-order valence-corrected chi connectivity index (χ3v) is 6.52. The number of alkyl halides is 5. The highest BCUT2D eigenvalue weighted by molar-refractivity contribution is 5.56. The topological polar surface area (TPSA) is 80.5 Å². The molecule has 3 aromatic heterocycles. The number of anilines is 2. The van der Waals surface area contributed by atoms with Crippen LogP contribution in [0.2, 0.25) is 0 Å². The number of aromatic nitrogens is 5. The van der Waals surface area contributed by atoms with Gasteiger partial charge >= 0.3 is 12.1 Å². The Morgan fingerprint density at radius 3 is 2.51 bits per heavy atom. The number of piperidine rings is 1. The molecule has 1 N–H and O–H groups in total. The first kappa shape index (κ1) is 23.4. The van der Waals surface area contributed by atoms with E-state index in [1.165, 1.54) is 29.2 Å². The summed E-state index contributed by atoms with van der Waals surface area (Å²) in [4.78, 5) is 14.2. The van der Waals surface area contributed by atoms with Gasteiger partial charge in [0.05, 0.1) is 5.69 Å². The molecule has 0 amide bonds. The van der Waals surface area contributed by atoms with Crippen LogP contribution in [0.5, 0.6) is 5.75 Å². The summed E-state index contributed by atoms with van der Waals surface area (Å²) in [5.41, 5.74) is 0.291. The highest BCUT2D eigenvalue weighted by Crippen LogP contribution is 2.40. The molecule has 4 heterocycles. The number of rotatable bonds is 6. The van der Waals surface area contributed by atoms with Crippen LogP contribution in [-0.4, -0.2) is 62.4 Å². The number of aryl methyl sites for hydroxylation is 1. The molecule has 14 heteroatoms. The number of fused-ring (bicyclic) bond motifs is 3. The van der Waals surface area contributed by atoms with E-state index in [0.717, 1.165) is 12.8 Å². The second kappa shape index (κ2) is 8.41. The summed E-state index contributed by atoms with van der Waals surface area (Å²) in [7, 11) is 0. The Balaban J connectivity index is 1.31. The average molecular weight is 501 g/mol. The van der Waals surface area contributed by atoms with Crippen molar-refractivity contribution in [3.8, 4) is 5.75 Å². The highest BCUT2D eigenvalue weighted by atomic mass is 19.4. The third-order valence-electron chi connectivity index (χ3n) is 6.52. The van der Waals surface area contributed by atoms with Crippen LogP contribution in [-0.2, 0) is 0 Å². The van der Waals surface area contributed by atoms with Gasteiger partial charge in [-0.2, -0.15) is 26.9 Å². The van der Waals surface area contributed by atoms with E-state index in [2.05, 4.69) is 25.4 Å². The van der Waals surface area contributed by atoms with Gasteiger partial charge in [-0.25, -0.2) is 18.9 Å². The molecule has 5 rings (SSSR count). The Morgan fingerprint density at radius 2 is 1.83 bits per heavy atom. The lowest BCUT2D eigenvalue weighted by Gasteiger charge is -2.38. The standard InChI is InChI=1S/C21H21F6N7O/c1-11-15(22)18(29-10-28-11)33-7-12-4-5-13(8-33)16(12)30-19-31-17-14(3-2-6-34(17)32-19)35-9-20(23,24)21(25,26)27/h2-3,6,10,12-13,16H,4-5,7-9H2,1H3,(H,30,32). The zero-order valence-electron chi connectivity index (χ0n) is 18.4. The Morgan fingerprint density at radius 1 is 1.11 bits per heavy atom. The van der Waals surface area contributed by atoms with Crippen molar-refractivity contribution in [2.24, 2.45) is 11.8 Å². The molecule has 2 unspecified atom stereocenters. The van der Waals surface area contributed by atoms with Gasteiger partial charge in [0.1, 0.15) is 6.33 Å². The Bertz CT molecular complexity index is 1220. The van der Waals surface area contributed by atoms with Gasteiger partial charge in [0.25, 0.3) is 0 Å². The van der Waals surface area contributed by atoms with Crippen LogP contribution in [0.15, 0.2) is 24.7 Å². The molecule has 1 aliphatic carbocycles. The predicted molar refractivity (Wildman–Crippen MR) is 112 cm³/mol. The molecular weight excluding hydrogens is 480 g/mol. The van der Waals surface area contributed by atoms with Crippen LogP contribution >= 0.6 is 0 Å². The number of pyridine rings is 1. The van der Waals surface area contributed by atoms with Crippen molar-refractivity contribution < 1.29 is 31.1 Å². The number of hydrogen-bond acceptors (Lipinski definition) is 7. The molecule has 2 fully saturated rings. The molecule has 35 heavy (non-hydrogen) atoms. The molecule has 0 spiro atoms. The molecule has 0 radical (unpaired) electrons. The Hall–Kier alpha value is -3.32. The van der Waals surface area contributed by atoms with Gasteiger partial charge in [0.2, 0.25) is 5.95 Å². The minimum absolute atomic E-state index is 0.0105. The predicted octanol–water partition coefficient (Wildman–Crippen LogP) is 3.87. The van der Waals surface area contributed by atoms with Crippen molar-refractivity contribution >= 4 is 17.4 Å². The summed E-state index contributed by atoms with van der Waals surface area (Å²) in [6.45, 7) is 0.847. The molecule has 1 saturated heterocycles. The quantitative estimate of drug-likeness (QED) is 0.514. The van der Waals surface area contributed by atoms with Crippen molar-refractivity contribution in [2.45, 2.75) is 37.9 Å². The average Bonchev–Trinajstić information content (AvgIpc) is 3.30. The molecule has 1 aliphatic heterocycles. The van der Waals surface area contributed by atoms with E-state index in [9.17, 15) is 26.3 Å². The fourth-order valence-corrected chi connectivity index (χ4v) is 4.75. The molecule has 3 aromatic rings. The number of nitrogens with one attached hydrogen (secondary N) is 1. The normalized spacial score (nSPS) is 22.6. The lowest BCUT2D eigenvalue weighted by molar-refractivity contribution is -0.289. The maximum Gasteiger partial charge on any atom is 0.456 e. The summed E-state index contributed by atoms with van der Waals surface area (Å²) >= 11 is 0. The minimum Gasteiger partial charge on any atom is -0.483 e. The number of ether oxygens (including phenoxy) is 1. The monoisotopic (exact) mass is 501 g/mol. The van der Waals surface area contributed by atoms with E-state index in [4.69, 9.17) is 4.74 Å². The molecule has 2 aliphatic rings. The van der Waals surface area contributed by atoms with E-state index in [-0.39, 0.29) is 46.7 Å². The maximum atomic E-state index is 14.5. The van der Waals surface area contributed by atoms with E-state index < -0.39 is 24.5 Å². The van der Waals surface area contributed by atoms with Crippen LogP contribution < -0.4 is 15.0 Å². The molecule has 0 aromatic carbocycles. The van der Waals surface area contributed by atoms with Gasteiger partial charge in [0, 0.05) is 25.3 Å². The first-order valence-corrected chi connectivity index (χ1v) is 10.9. The molecule has 2 bridgehead atoms. The van der Waals surface area contributed by atoms with Crippen LogP contribution in [0.25, 0.3) is 5.65 Å². The van der Waals surface area contributed by atoms with Gasteiger partial charge in [-0.05, 0) is 43.7 Å². The smallest absolute Gasteiger partial charge is 0.456 e. The zero-order chi connectivity index (χ0) is 25.0. The summed E-state index contributed by atoms with van der Waals surface area (Å²) in [6.07, 6.45) is -1.10. The summed E-state index contributed by atoms with van der Waals surface area (Å²) < 4.78 is 84.5. The highest BCUT2D eigenvalue weighted by Gasteiger charge is 2.58. The lowest BCUT2D eigenvalue weighted by Crippen LogP contribution is -2.48. The second-order valence-corrected chi connectivity index (χ2v) is 8.84. The van der Waals surface area contributed by atoms with E-state index in [1.54, 1.807) is 6.92 Å². The maximum absolute atomic E-state index is 14.5. The van der Waals surface area contributed by atoms with Gasteiger partial charge in [0.15, 0.2) is 29.6 Å². The van der Waals surface area contributed by atoms with E-state index in [0.29, 0.717) is 13.1 Å². The SMILES string of the molecule is Cc1ncnc(N2CC3CCC(C2)C3Nc2nc3c(OCC(F)(F)C(F)(F)F)cccn3n2)c1F. The van der Waals surface area contributed by atoms with Crippen molar-refractivity contribution in [1.82, 2.24) is 24.6 Å². The number of halogens is 6. The molecule has 2 atom stereocenters. The Kier molecular flexibility index (Phi) is 5.63. The van der Waals surface area contributed by atoms with Crippen LogP contribution in [0, 0.1) is 24.6 Å². The lowest BCUT2D eigenvalue weighted by atomic mass is 9.92. The Labute approximate surface area is 195 Å². The van der Waals surface area contributed by atoms with Gasteiger partial charge < -0.3 is 15.0 Å². The summed E-state index contributed by atoms with van der Waals surface area (Å²) in [5, 5.41) is 7.54. The number of hydrogen-bond donors (Lipinski definition) is 1. The largest absolute Gasteiger partial charge is 0.483 e. The molecule has 8 nitrogen and oxygen atoms in total. The summed E-state index contributed by atoms with van der Waals surface area (Å²) in [6, 6.07) is 2.64. The van der Waals surface area contributed by atoms with Gasteiger partial charge in [-0.15, -0.1) is 5.10 Å². The van der Waals surface area contributed by atoms with E-state index in [1.807, 2.05) is 4.90 Å². The fraction of sp³-hybridized carbons (Fsp3) is 0.524. The third kappa shape index (κ3) is 4.29. The van der Waals surface area contributed by atoms with Crippen molar-refractivity contribution in [3.05, 3.63) is 36.2 Å².